The average Bonchev–Trinajstić information content (AvgIpc) is 2.83. The van der Waals surface area contributed by atoms with E-state index >= 15 is 0 Å². The van der Waals surface area contributed by atoms with Gasteiger partial charge < -0.3 is 24.1 Å². The lowest BCUT2D eigenvalue weighted by Crippen LogP contribution is -2.59. The second kappa shape index (κ2) is 12.9. The summed E-state index contributed by atoms with van der Waals surface area (Å²) in [4.78, 5) is 15.0. The summed E-state index contributed by atoms with van der Waals surface area (Å²) in [6.07, 6.45) is 5.51. The average molecular weight is 490 g/mol. The minimum absolute atomic E-state index is 0.313. The summed E-state index contributed by atoms with van der Waals surface area (Å²) in [7, 11) is 1.56. The van der Waals surface area contributed by atoms with Gasteiger partial charge in [-0.15, -0.1) is 0 Å². The molecule has 1 aromatic carbocycles. The molecule has 1 saturated heterocycles. The van der Waals surface area contributed by atoms with Crippen LogP contribution in [0, 0.1) is 0 Å². The van der Waals surface area contributed by atoms with Crippen molar-refractivity contribution in [2.75, 3.05) is 20.3 Å². The summed E-state index contributed by atoms with van der Waals surface area (Å²) in [6, 6.07) is 9.20. The molecule has 1 amide bonds. The van der Waals surface area contributed by atoms with Crippen LogP contribution in [0.25, 0.3) is 0 Å². The van der Waals surface area contributed by atoms with E-state index in [1.54, 1.807) is 12.0 Å². The molecule has 1 N–H and O–H groups in total. The number of amides is 1. The lowest BCUT2D eigenvalue weighted by atomic mass is 9.86. The Morgan fingerprint density at radius 3 is 2.46 bits per heavy atom. The van der Waals surface area contributed by atoms with Crippen LogP contribution in [0.15, 0.2) is 42.0 Å². The van der Waals surface area contributed by atoms with Gasteiger partial charge in [0.15, 0.2) is 6.29 Å². The molecule has 5 atom stereocenters. The Hall–Kier alpha value is -1.93. The smallest absolute Gasteiger partial charge is 0.410 e. The third kappa shape index (κ3) is 7.53. The normalized spacial score (nSPS) is 26.6. The van der Waals surface area contributed by atoms with E-state index in [2.05, 4.69) is 6.92 Å². The Bertz CT molecular complexity index is 820. The van der Waals surface area contributed by atoms with Gasteiger partial charge in [-0.3, -0.25) is 4.90 Å². The number of nitrogens with zero attached hydrogens (tertiary/aromatic N) is 1. The molecular weight excluding hydrogens is 446 g/mol. The van der Waals surface area contributed by atoms with E-state index in [1.165, 1.54) is 19.3 Å². The fourth-order valence-electron chi connectivity index (χ4n) is 4.72. The fourth-order valence-corrected chi connectivity index (χ4v) is 4.72. The summed E-state index contributed by atoms with van der Waals surface area (Å²) in [5.74, 6) is 0. The number of benzene rings is 1. The molecule has 1 heterocycles. The van der Waals surface area contributed by atoms with Gasteiger partial charge in [-0.25, -0.2) is 4.79 Å². The molecule has 3 rings (SSSR count). The maximum absolute atomic E-state index is 13.3. The lowest BCUT2D eigenvalue weighted by molar-refractivity contribution is -0.231. The van der Waals surface area contributed by atoms with Gasteiger partial charge in [0.25, 0.3) is 0 Å². The highest BCUT2D eigenvalue weighted by molar-refractivity contribution is 5.69. The van der Waals surface area contributed by atoms with Crippen LogP contribution in [-0.2, 0) is 18.9 Å². The first-order valence-corrected chi connectivity index (χ1v) is 13.0. The quantitative estimate of drug-likeness (QED) is 0.351. The molecular formula is C28H43NO6. The second-order valence-electron chi connectivity index (χ2n) is 10.5. The van der Waals surface area contributed by atoms with Gasteiger partial charge in [0.2, 0.25) is 0 Å². The lowest BCUT2D eigenvalue weighted by Gasteiger charge is -2.46. The van der Waals surface area contributed by atoms with Crippen molar-refractivity contribution in [2.45, 2.75) is 102 Å². The summed E-state index contributed by atoms with van der Waals surface area (Å²) in [5, 5.41) is 11.3. The van der Waals surface area contributed by atoms with Crippen molar-refractivity contribution >= 4 is 6.09 Å². The van der Waals surface area contributed by atoms with E-state index in [-0.39, 0.29) is 0 Å². The van der Waals surface area contributed by atoms with Crippen LogP contribution < -0.4 is 0 Å². The Labute approximate surface area is 210 Å². The standard InChI is InChI=1S/C28H43NO6/c1-6-7-8-9-10-14-17-29(27(31)35-28(2,3)4)22-18-21-19-33-26(20-15-12-11-13-16-20)34-24(21)23(30)25(22)32-5/h11-13,15-16,18,22-26,30H,6-10,14,17,19H2,1-5H3/t22-,23?,24+,25?,26?/m1/s1. The summed E-state index contributed by atoms with van der Waals surface area (Å²) < 4.78 is 23.7. The Kier molecular flexibility index (Phi) is 10.2. The van der Waals surface area contributed by atoms with Crippen molar-refractivity contribution in [2.24, 2.45) is 0 Å². The van der Waals surface area contributed by atoms with Gasteiger partial charge >= 0.3 is 6.09 Å². The van der Waals surface area contributed by atoms with Crippen molar-refractivity contribution in [3.63, 3.8) is 0 Å². The topological polar surface area (TPSA) is 77.5 Å². The molecule has 196 valence electrons. The number of hydrogen-bond donors (Lipinski definition) is 1. The molecule has 0 saturated carbocycles. The molecule has 0 aromatic heterocycles. The van der Waals surface area contributed by atoms with Gasteiger partial charge in [0.05, 0.1) is 12.6 Å². The van der Waals surface area contributed by atoms with Crippen LogP contribution in [0.3, 0.4) is 0 Å². The molecule has 0 radical (unpaired) electrons. The van der Waals surface area contributed by atoms with Gasteiger partial charge in [-0.05, 0) is 32.8 Å². The van der Waals surface area contributed by atoms with E-state index in [1.807, 2.05) is 57.2 Å². The summed E-state index contributed by atoms with van der Waals surface area (Å²) in [6.45, 7) is 8.62. The summed E-state index contributed by atoms with van der Waals surface area (Å²) >= 11 is 0. The van der Waals surface area contributed by atoms with Crippen molar-refractivity contribution in [1.82, 2.24) is 4.90 Å². The molecule has 3 unspecified atom stereocenters. The zero-order valence-corrected chi connectivity index (χ0v) is 21.9. The summed E-state index contributed by atoms with van der Waals surface area (Å²) in [5.41, 5.74) is 1.09. The Morgan fingerprint density at radius 2 is 1.80 bits per heavy atom. The number of unbranched alkanes of at least 4 members (excludes halogenated alkanes) is 5. The van der Waals surface area contributed by atoms with Crippen LogP contribution >= 0.6 is 0 Å². The number of ether oxygens (including phenoxy) is 4. The van der Waals surface area contributed by atoms with Crippen LogP contribution in [-0.4, -0.2) is 66.3 Å². The number of aliphatic hydroxyl groups is 1. The maximum Gasteiger partial charge on any atom is 0.410 e. The molecule has 2 aliphatic rings. The SMILES string of the molecule is CCCCCCCCN(C(=O)OC(C)(C)C)[C@@H]1C=C2COC(c3ccccc3)O[C@@H]2C(O)C1OC. The monoisotopic (exact) mass is 489 g/mol. The Balaban J connectivity index is 1.78. The first-order chi connectivity index (χ1) is 16.7. The van der Waals surface area contributed by atoms with Crippen molar-refractivity contribution < 1.29 is 28.8 Å². The predicted molar refractivity (Wildman–Crippen MR) is 135 cm³/mol. The van der Waals surface area contributed by atoms with Crippen LogP contribution in [0.4, 0.5) is 4.79 Å². The number of fused-ring (bicyclic) bond motifs is 1. The maximum atomic E-state index is 13.3. The highest BCUT2D eigenvalue weighted by Crippen LogP contribution is 2.36. The molecule has 1 aliphatic heterocycles. The number of hydrogen-bond acceptors (Lipinski definition) is 6. The van der Waals surface area contributed by atoms with E-state index in [0.29, 0.717) is 13.2 Å². The molecule has 7 heteroatoms. The second-order valence-corrected chi connectivity index (χ2v) is 10.5. The van der Waals surface area contributed by atoms with Crippen molar-refractivity contribution in [1.29, 1.82) is 0 Å². The van der Waals surface area contributed by atoms with Gasteiger partial charge in [0.1, 0.15) is 23.9 Å². The van der Waals surface area contributed by atoms with Gasteiger partial charge in [0, 0.05) is 19.2 Å². The Morgan fingerprint density at radius 1 is 1.11 bits per heavy atom. The molecule has 1 aromatic rings. The van der Waals surface area contributed by atoms with E-state index in [0.717, 1.165) is 30.4 Å². The third-order valence-corrected chi connectivity index (χ3v) is 6.49. The largest absolute Gasteiger partial charge is 0.444 e. The fraction of sp³-hybridized carbons (Fsp3) is 0.679. The number of aliphatic hydroxyl groups excluding tert-OH is 1. The third-order valence-electron chi connectivity index (χ3n) is 6.49. The molecule has 7 nitrogen and oxygen atoms in total. The van der Waals surface area contributed by atoms with Crippen LogP contribution in [0.2, 0.25) is 0 Å². The van der Waals surface area contributed by atoms with E-state index in [4.69, 9.17) is 18.9 Å². The number of rotatable bonds is 10. The minimum atomic E-state index is -0.949. The molecule has 0 bridgehead atoms. The highest BCUT2D eigenvalue weighted by Gasteiger charge is 2.47. The molecule has 1 aliphatic carbocycles. The number of methoxy groups -OCH3 is 1. The van der Waals surface area contributed by atoms with E-state index < -0.39 is 42.3 Å². The molecule has 0 spiro atoms. The highest BCUT2D eigenvalue weighted by atomic mass is 16.7. The van der Waals surface area contributed by atoms with Crippen LogP contribution in [0.1, 0.15) is 78.1 Å². The zero-order chi connectivity index (χ0) is 25.4. The number of carbonyl (C=O) groups is 1. The minimum Gasteiger partial charge on any atom is -0.444 e. The van der Waals surface area contributed by atoms with Crippen molar-refractivity contribution in [3.8, 4) is 0 Å². The predicted octanol–water partition coefficient (Wildman–Crippen LogP) is 5.38. The first kappa shape index (κ1) is 27.7. The van der Waals surface area contributed by atoms with E-state index in [9.17, 15) is 9.90 Å². The molecule has 1 fully saturated rings. The van der Waals surface area contributed by atoms with Crippen molar-refractivity contribution in [3.05, 3.63) is 47.5 Å². The molecule has 35 heavy (non-hydrogen) atoms. The van der Waals surface area contributed by atoms with Gasteiger partial charge in [-0.2, -0.15) is 0 Å². The van der Waals surface area contributed by atoms with Crippen LogP contribution in [0.5, 0.6) is 0 Å². The zero-order valence-electron chi connectivity index (χ0n) is 21.9. The number of carbonyl (C=O) groups excluding carboxylic acids is 1. The first-order valence-electron chi connectivity index (χ1n) is 13.0. The van der Waals surface area contributed by atoms with Gasteiger partial charge in [-0.1, -0.05) is 75.4 Å².